The second-order valence-corrected chi connectivity index (χ2v) is 9.56. The molecule has 0 saturated carbocycles. The van der Waals surface area contributed by atoms with Crippen molar-refractivity contribution in [2.75, 3.05) is 12.3 Å². The van der Waals surface area contributed by atoms with Crippen LogP contribution >= 0.6 is 0 Å². The molecule has 2 atom stereocenters. The summed E-state index contributed by atoms with van der Waals surface area (Å²) in [4.78, 5) is 42.8. The van der Waals surface area contributed by atoms with E-state index in [0.717, 1.165) is 16.7 Å². The number of carbonyl (C=O) groups is 3. The van der Waals surface area contributed by atoms with Crippen LogP contribution in [0, 0.1) is 0 Å². The standard InChI is InChI=1S/C30H37N7O3/c31-23-15-13-20(14-16-23)18-26(28(32)39)37-29(40)25(12-7-17-35-30(33)34)36-27(38)19-24(21-8-3-1-4-9-21)22-10-5-2-6-11-22/h1-6,8-11,13-16,24-26H,7,12,17-19,31H2,(H2,32,39)(H,36,38)(H,37,40)(H4,33,34,35)/t25-,26+/m1/s1. The summed E-state index contributed by atoms with van der Waals surface area (Å²) in [6.07, 6.45) is 0.982. The third-order valence-electron chi connectivity index (χ3n) is 6.47. The zero-order valence-corrected chi connectivity index (χ0v) is 22.3. The lowest BCUT2D eigenvalue weighted by Gasteiger charge is -2.24. The van der Waals surface area contributed by atoms with Crippen LogP contribution in [0.4, 0.5) is 5.69 Å². The first-order valence-electron chi connectivity index (χ1n) is 13.1. The minimum Gasteiger partial charge on any atom is -0.399 e. The van der Waals surface area contributed by atoms with Crippen LogP contribution in [0.2, 0.25) is 0 Å². The molecule has 10 N–H and O–H groups in total. The fourth-order valence-corrected chi connectivity index (χ4v) is 4.39. The smallest absolute Gasteiger partial charge is 0.243 e. The Hall–Kier alpha value is -4.86. The fraction of sp³-hybridized carbons (Fsp3) is 0.267. The van der Waals surface area contributed by atoms with E-state index in [4.69, 9.17) is 22.9 Å². The van der Waals surface area contributed by atoms with E-state index in [9.17, 15) is 14.4 Å². The number of primary amides is 1. The van der Waals surface area contributed by atoms with Gasteiger partial charge in [-0.05, 0) is 41.7 Å². The molecule has 3 rings (SSSR count). The average molecular weight is 544 g/mol. The molecule has 3 amide bonds. The molecule has 0 bridgehead atoms. The third-order valence-corrected chi connectivity index (χ3v) is 6.47. The first kappa shape index (κ1) is 29.7. The number of amides is 3. The predicted molar refractivity (Wildman–Crippen MR) is 157 cm³/mol. The number of nitrogens with two attached hydrogens (primary N) is 4. The van der Waals surface area contributed by atoms with Crippen molar-refractivity contribution < 1.29 is 14.4 Å². The minimum atomic E-state index is -0.977. The SMILES string of the molecule is NC(=O)[C@H](Cc1ccc(N)cc1)NC(=O)[C@@H](CCCN=C(N)N)NC(=O)CC(c1ccccc1)c1ccccc1. The van der Waals surface area contributed by atoms with Gasteiger partial charge in [0.15, 0.2) is 5.96 Å². The Bertz CT molecular complexity index is 1240. The second-order valence-electron chi connectivity index (χ2n) is 9.56. The molecule has 10 nitrogen and oxygen atoms in total. The highest BCUT2D eigenvalue weighted by molar-refractivity contribution is 5.92. The van der Waals surface area contributed by atoms with Crippen LogP contribution in [0.5, 0.6) is 0 Å². The molecule has 0 unspecified atom stereocenters. The summed E-state index contributed by atoms with van der Waals surface area (Å²) in [7, 11) is 0. The number of benzene rings is 3. The number of nitrogens with one attached hydrogen (secondary N) is 2. The van der Waals surface area contributed by atoms with Crippen molar-refractivity contribution in [3.8, 4) is 0 Å². The predicted octanol–water partition coefficient (Wildman–Crippen LogP) is 1.54. The summed E-state index contributed by atoms with van der Waals surface area (Å²) in [5, 5.41) is 5.57. The summed E-state index contributed by atoms with van der Waals surface area (Å²) >= 11 is 0. The van der Waals surface area contributed by atoms with E-state index in [1.807, 2.05) is 60.7 Å². The van der Waals surface area contributed by atoms with Gasteiger partial charge in [-0.15, -0.1) is 0 Å². The summed E-state index contributed by atoms with van der Waals surface area (Å²) in [6.45, 7) is 0.281. The molecule has 0 saturated heterocycles. The molecule has 210 valence electrons. The summed E-state index contributed by atoms with van der Waals surface area (Å²) in [5.41, 5.74) is 25.5. The molecule has 3 aromatic rings. The van der Waals surface area contributed by atoms with E-state index < -0.39 is 23.9 Å². The number of nitrogen functional groups attached to an aromatic ring is 1. The van der Waals surface area contributed by atoms with Crippen LogP contribution in [0.1, 0.15) is 41.9 Å². The van der Waals surface area contributed by atoms with Crippen molar-refractivity contribution in [2.45, 2.75) is 43.7 Å². The van der Waals surface area contributed by atoms with Crippen LogP contribution < -0.4 is 33.6 Å². The van der Waals surface area contributed by atoms with E-state index in [0.29, 0.717) is 12.1 Å². The van der Waals surface area contributed by atoms with Gasteiger partial charge < -0.3 is 33.6 Å². The number of aliphatic imine (C=N–C) groups is 1. The van der Waals surface area contributed by atoms with Gasteiger partial charge in [0.05, 0.1) is 0 Å². The van der Waals surface area contributed by atoms with Gasteiger partial charge in [0.25, 0.3) is 0 Å². The van der Waals surface area contributed by atoms with Crippen molar-refractivity contribution in [3.05, 3.63) is 102 Å². The maximum absolute atomic E-state index is 13.4. The first-order valence-corrected chi connectivity index (χ1v) is 13.1. The molecule has 10 heteroatoms. The van der Waals surface area contributed by atoms with Gasteiger partial charge in [-0.3, -0.25) is 19.4 Å². The van der Waals surface area contributed by atoms with Crippen LogP contribution in [-0.4, -0.2) is 42.3 Å². The quantitative estimate of drug-likeness (QED) is 0.0773. The topological polar surface area (TPSA) is 192 Å². The average Bonchev–Trinajstić information content (AvgIpc) is 2.94. The van der Waals surface area contributed by atoms with Crippen molar-refractivity contribution in [1.82, 2.24) is 10.6 Å². The van der Waals surface area contributed by atoms with Gasteiger partial charge in [-0.25, -0.2) is 0 Å². The molecular formula is C30H37N7O3. The van der Waals surface area contributed by atoms with Crippen molar-refractivity contribution >= 4 is 29.4 Å². The molecular weight excluding hydrogens is 506 g/mol. The molecule has 0 radical (unpaired) electrons. The lowest BCUT2D eigenvalue weighted by molar-refractivity contribution is -0.131. The Morgan fingerprint density at radius 1 is 0.750 bits per heavy atom. The minimum absolute atomic E-state index is 0.0594. The summed E-state index contributed by atoms with van der Waals surface area (Å²) in [5.74, 6) is -1.79. The Morgan fingerprint density at radius 2 is 1.32 bits per heavy atom. The fourth-order valence-electron chi connectivity index (χ4n) is 4.39. The molecule has 0 aliphatic rings. The van der Waals surface area contributed by atoms with Gasteiger partial charge >= 0.3 is 0 Å². The van der Waals surface area contributed by atoms with Crippen molar-refractivity contribution in [1.29, 1.82) is 0 Å². The van der Waals surface area contributed by atoms with Crippen molar-refractivity contribution in [2.24, 2.45) is 22.2 Å². The zero-order chi connectivity index (χ0) is 28.9. The number of rotatable bonds is 14. The highest BCUT2D eigenvalue weighted by Gasteiger charge is 2.27. The van der Waals surface area contributed by atoms with Crippen molar-refractivity contribution in [3.63, 3.8) is 0 Å². The largest absolute Gasteiger partial charge is 0.399 e. The van der Waals surface area contributed by atoms with E-state index in [1.165, 1.54) is 0 Å². The molecule has 0 aliphatic heterocycles. The monoisotopic (exact) mass is 543 g/mol. The van der Waals surface area contributed by atoms with E-state index in [1.54, 1.807) is 24.3 Å². The van der Waals surface area contributed by atoms with Gasteiger partial charge in [0.1, 0.15) is 12.1 Å². The Morgan fingerprint density at radius 3 is 1.85 bits per heavy atom. The number of anilines is 1. The van der Waals surface area contributed by atoms with Gasteiger partial charge in [0.2, 0.25) is 17.7 Å². The highest BCUT2D eigenvalue weighted by Crippen LogP contribution is 2.28. The number of carbonyl (C=O) groups excluding carboxylic acids is 3. The Labute approximate surface area is 234 Å². The number of hydrogen-bond donors (Lipinski definition) is 6. The molecule has 0 fully saturated rings. The van der Waals surface area contributed by atoms with E-state index >= 15 is 0 Å². The molecule has 40 heavy (non-hydrogen) atoms. The lowest BCUT2D eigenvalue weighted by atomic mass is 9.88. The zero-order valence-electron chi connectivity index (χ0n) is 22.3. The highest BCUT2D eigenvalue weighted by atomic mass is 16.2. The van der Waals surface area contributed by atoms with Crippen LogP contribution in [0.3, 0.4) is 0 Å². The molecule has 3 aromatic carbocycles. The first-order chi connectivity index (χ1) is 19.2. The van der Waals surface area contributed by atoms with Crippen LogP contribution in [0.15, 0.2) is 89.9 Å². The molecule has 0 spiro atoms. The van der Waals surface area contributed by atoms with Gasteiger partial charge in [0, 0.05) is 31.0 Å². The molecule has 0 aromatic heterocycles. The van der Waals surface area contributed by atoms with E-state index in [-0.39, 0.29) is 43.6 Å². The summed E-state index contributed by atoms with van der Waals surface area (Å²) in [6, 6.07) is 24.5. The third kappa shape index (κ3) is 9.46. The van der Waals surface area contributed by atoms with Gasteiger partial charge in [-0.2, -0.15) is 0 Å². The molecule has 0 aliphatic carbocycles. The maximum Gasteiger partial charge on any atom is 0.243 e. The van der Waals surface area contributed by atoms with Crippen LogP contribution in [0.25, 0.3) is 0 Å². The number of guanidine groups is 1. The lowest BCUT2D eigenvalue weighted by Crippen LogP contribution is -2.53. The number of nitrogens with zero attached hydrogens (tertiary/aromatic N) is 1. The second kappa shape index (κ2) is 14.9. The Balaban J connectivity index is 1.75. The normalized spacial score (nSPS) is 12.2. The maximum atomic E-state index is 13.4. The summed E-state index contributed by atoms with van der Waals surface area (Å²) < 4.78 is 0. The Kier molecular flexibility index (Phi) is 11.1. The van der Waals surface area contributed by atoms with E-state index in [2.05, 4.69) is 15.6 Å². The van der Waals surface area contributed by atoms with Crippen LogP contribution in [-0.2, 0) is 20.8 Å². The number of hydrogen-bond acceptors (Lipinski definition) is 5. The van der Waals surface area contributed by atoms with Gasteiger partial charge in [-0.1, -0.05) is 72.8 Å². The molecule has 0 heterocycles.